The standard InChI is InChI=1S/C24H30N3O10P/c1-5-12-24(32)20(29)18(36-22(24)27-13-11-19(28)25-23(27)31)14-34-38(33,37-17-9-7-6-8-10-17)26-16(4)21(30)35-15(2)3/h6-11,13,15-16,18,20,22,29,32H,14H2,1-4H3,(H,26,33)(H,25,28,31)/t16?,18-,20-,22-,24-,38?/m1/s1. The Labute approximate surface area is 218 Å². The van der Waals surface area contributed by atoms with Crippen molar-refractivity contribution in [2.24, 2.45) is 0 Å². The highest BCUT2D eigenvalue weighted by Gasteiger charge is 2.56. The summed E-state index contributed by atoms with van der Waals surface area (Å²) in [5.74, 6) is 4.37. The first-order valence-corrected chi connectivity index (χ1v) is 13.2. The lowest BCUT2D eigenvalue weighted by Gasteiger charge is -2.26. The molecule has 0 spiro atoms. The summed E-state index contributed by atoms with van der Waals surface area (Å²) in [5, 5.41) is 24.6. The summed E-state index contributed by atoms with van der Waals surface area (Å²) in [4.78, 5) is 38.2. The van der Waals surface area contributed by atoms with Crippen LogP contribution in [0.2, 0.25) is 0 Å². The molecular weight excluding hydrogens is 521 g/mol. The van der Waals surface area contributed by atoms with Gasteiger partial charge in [-0.1, -0.05) is 24.1 Å². The third-order valence-corrected chi connectivity index (χ3v) is 6.99. The van der Waals surface area contributed by atoms with Crippen molar-refractivity contribution in [2.45, 2.75) is 63.9 Å². The molecule has 1 aromatic carbocycles. The topological polar surface area (TPSA) is 178 Å². The third kappa shape index (κ3) is 6.79. The Bertz CT molecular complexity index is 1350. The van der Waals surface area contributed by atoms with Gasteiger partial charge in [0.15, 0.2) is 11.8 Å². The molecule has 4 N–H and O–H groups in total. The number of benzene rings is 1. The number of H-pyrrole nitrogens is 1. The number of aliphatic hydroxyl groups is 2. The second-order valence-corrected chi connectivity index (χ2v) is 10.4. The monoisotopic (exact) mass is 551 g/mol. The van der Waals surface area contributed by atoms with Gasteiger partial charge in [0.1, 0.15) is 24.0 Å². The molecule has 1 saturated heterocycles. The van der Waals surface area contributed by atoms with Crippen molar-refractivity contribution >= 4 is 13.7 Å². The molecule has 0 saturated carbocycles. The Morgan fingerprint density at radius 1 is 1.26 bits per heavy atom. The number of aliphatic hydroxyl groups excluding tert-OH is 1. The molecule has 0 radical (unpaired) electrons. The SMILES string of the molecule is CC#C[C@@]1(O)[C@H](O)[C@@H](COP(=O)(NC(C)C(=O)OC(C)C)Oc2ccccc2)O[C@H]1n1ccc(=O)[nH]c1=O. The van der Waals surface area contributed by atoms with Crippen LogP contribution in [0.5, 0.6) is 5.75 Å². The van der Waals surface area contributed by atoms with Crippen molar-refractivity contribution in [1.82, 2.24) is 14.6 Å². The normalized spacial score (nSPS) is 25.2. The van der Waals surface area contributed by atoms with Gasteiger partial charge in [-0.3, -0.25) is 23.7 Å². The minimum Gasteiger partial charge on any atom is -0.462 e. The predicted octanol–water partition coefficient (Wildman–Crippen LogP) is 0.683. The average molecular weight is 551 g/mol. The number of hydrogen-bond donors (Lipinski definition) is 4. The molecule has 2 unspecified atom stereocenters. The molecule has 2 aromatic rings. The molecule has 0 amide bonds. The van der Waals surface area contributed by atoms with Crippen LogP contribution in [0.1, 0.15) is 33.9 Å². The first kappa shape index (κ1) is 29.3. The smallest absolute Gasteiger partial charge is 0.459 e. The van der Waals surface area contributed by atoms with Crippen molar-refractivity contribution in [1.29, 1.82) is 0 Å². The van der Waals surface area contributed by atoms with E-state index in [-0.39, 0.29) is 5.75 Å². The maximum atomic E-state index is 13.7. The molecule has 1 aromatic heterocycles. The summed E-state index contributed by atoms with van der Waals surface area (Å²) >= 11 is 0. The van der Waals surface area contributed by atoms with Crippen LogP contribution in [0.3, 0.4) is 0 Å². The molecule has 0 bridgehead atoms. The van der Waals surface area contributed by atoms with Crippen LogP contribution in [-0.4, -0.2) is 62.3 Å². The number of ether oxygens (including phenoxy) is 2. The highest BCUT2D eigenvalue weighted by atomic mass is 31.2. The fourth-order valence-corrected chi connectivity index (χ4v) is 5.14. The van der Waals surface area contributed by atoms with Crippen molar-refractivity contribution in [3.05, 3.63) is 63.4 Å². The van der Waals surface area contributed by atoms with E-state index in [0.717, 1.165) is 16.8 Å². The second kappa shape index (κ2) is 12.1. The van der Waals surface area contributed by atoms with Gasteiger partial charge in [0.25, 0.3) is 5.56 Å². The fraction of sp³-hybridized carbons (Fsp3) is 0.458. The largest absolute Gasteiger partial charge is 0.462 e. The summed E-state index contributed by atoms with van der Waals surface area (Å²) in [6.07, 6.45) is -4.00. The molecular formula is C24H30N3O10P. The van der Waals surface area contributed by atoms with Gasteiger partial charge in [0.05, 0.1) is 12.7 Å². The number of carbonyl (C=O) groups is 1. The lowest BCUT2D eigenvalue weighted by Crippen LogP contribution is -2.48. The van der Waals surface area contributed by atoms with Gasteiger partial charge < -0.3 is 24.2 Å². The molecule has 0 aliphatic carbocycles. The number of rotatable bonds is 10. The molecule has 2 heterocycles. The van der Waals surface area contributed by atoms with E-state index in [0.29, 0.717) is 0 Å². The van der Waals surface area contributed by atoms with Crippen molar-refractivity contribution in [3.63, 3.8) is 0 Å². The van der Waals surface area contributed by atoms with E-state index in [1.165, 1.54) is 26.0 Å². The van der Waals surface area contributed by atoms with E-state index in [2.05, 4.69) is 16.9 Å². The number of nitrogens with one attached hydrogen (secondary N) is 2. The number of aromatic nitrogens is 2. The van der Waals surface area contributed by atoms with Crippen LogP contribution in [0.15, 0.2) is 52.2 Å². The Morgan fingerprint density at radius 2 is 1.95 bits per heavy atom. The molecule has 6 atom stereocenters. The summed E-state index contributed by atoms with van der Waals surface area (Å²) in [5.41, 5.74) is -3.88. The molecule has 206 valence electrons. The summed E-state index contributed by atoms with van der Waals surface area (Å²) in [7, 11) is -4.31. The lowest BCUT2D eigenvalue weighted by atomic mass is 9.94. The summed E-state index contributed by atoms with van der Waals surface area (Å²) in [6.45, 7) is 5.51. The molecule has 13 nitrogen and oxygen atoms in total. The van der Waals surface area contributed by atoms with Gasteiger partial charge in [0.2, 0.25) is 0 Å². The van der Waals surface area contributed by atoms with Crippen LogP contribution >= 0.6 is 7.75 Å². The predicted molar refractivity (Wildman–Crippen MR) is 134 cm³/mol. The minimum absolute atomic E-state index is 0.159. The van der Waals surface area contributed by atoms with Gasteiger partial charge >= 0.3 is 19.4 Å². The Balaban J connectivity index is 1.86. The van der Waals surface area contributed by atoms with E-state index in [9.17, 15) is 29.2 Å². The van der Waals surface area contributed by atoms with Gasteiger partial charge in [-0.15, -0.1) is 5.92 Å². The van der Waals surface area contributed by atoms with Crippen LogP contribution in [0.25, 0.3) is 0 Å². The summed E-state index contributed by atoms with van der Waals surface area (Å²) < 4.78 is 36.5. The van der Waals surface area contributed by atoms with E-state index in [1.807, 2.05) is 4.98 Å². The highest BCUT2D eigenvalue weighted by molar-refractivity contribution is 7.52. The first-order valence-electron chi connectivity index (χ1n) is 11.7. The van der Waals surface area contributed by atoms with E-state index in [4.69, 9.17) is 18.5 Å². The first-order chi connectivity index (χ1) is 17.9. The lowest BCUT2D eigenvalue weighted by molar-refractivity contribution is -0.149. The fourth-order valence-electron chi connectivity index (χ4n) is 3.64. The van der Waals surface area contributed by atoms with Crippen LogP contribution in [0, 0.1) is 11.8 Å². The van der Waals surface area contributed by atoms with Crippen molar-refractivity contribution in [2.75, 3.05) is 6.61 Å². The van der Waals surface area contributed by atoms with E-state index in [1.54, 1.807) is 32.0 Å². The third-order valence-electron chi connectivity index (χ3n) is 5.35. The molecule has 14 heteroatoms. The number of aromatic amines is 1. The second-order valence-electron chi connectivity index (χ2n) is 8.72. The van der Waals surface area contributed by atoms with Crippen LogP contribution in [0.4, 0.5) is 0 Å². The maximum absolute atomic E-state index is 13.7. The van der Waals surface area contributed by atoms with Gasteiger partial charge in [-0.05, 0) is 39.8 Å². The summed E-state index contributed by atoms with van der Waals surface area (Å²) in [6, 6.07) is 7.94. The van der Waals surface area contributed by atoms with Crippen LogP contribution in [-0.2, 0) is 23.4 Å². The zero-order chi connectivity index (χ0) is 28.1. The van der Waals surface area contributed by atoms with Gasteiger partial charge in [-0.2, -0.15) is 5.09 Å². The Hall–Kier alpha value is -3.24. The molecule has 38 heavy (non-hydrogen) atoms. The molecule has 1 aliphatic heterocycles. The number of carbonyl (C=O) groups excluding carboxylic acids is 1. The van der Waals surface area contributed by atoms with Crippen molar-refractivity contribution in [3.8, 4) is 17.6 Å². The van der Waals surface area contributed by atoms with Gasteiger partial charge in [0, 0.05) is 12.3 Å². The molecule has 1 fully saturated rings. The van der Waals surface area contributed by atoms with Gasteiger partial charge in [-0.25, -0.2) is 9.36 Å². The molecule has 1 aliphatic rings. The van der Waals surface area contributed by atoms with Crippen molar-refractivity contribution < 1.29 is 38.1 Å². The maximum Gasteiger partial charge on any atom is 0.459 e. The number of hydrogen-bond acceptors (Lipinski definition) is 10. The zero-order valence-corrected chi connectivity index (χ0v) is 22.1. The number of para-hydroxylation sites is 1. The van der Waals surface area contributed by atoms with E-state index < -0.39 is 67.8 Å². The number of esters is 1. The Morgan fingerprint density at radius 3 is 2.55 bits per heavy atom. The quantitative estimate of drug-likeness (QED) is 0.185. The van der Waals surface area contributed by atoms with E-state index >= 15 is 0 Å². The van der Waals surface area contributed by atoms with Crippen LogP contribution < -0.4 is 20.9 Å². The number of nitrogens with zero attached hydrogens (tertiary/aromatic N) is 1. The Kier molecular flexibility index (Phi) is 9.32. The molecule has 3 rings (SSSR count). The highest BCUT2D eigenvalue weighted by Crippen LogP contribution is 2.46. The minimum atomic E-state index is -4.31. The zero-order valence-electron chi connectivity index (χ0n) is 21.2. The average Bonchev–Trinajstić information content (AvgIpc) is 3.08.